The summed E-state index contributed by atoms with van der Waals surface area (Å²) in [6.45, 7) is -8.87. The summed E-state index contributed by atoms with van der Waals surface area (Å²) < 4.78 is 492. The van der Waals surface area contributed by atoms with Crippen LogP contribution >= 0.6 is 8.60 Å². The van der Waals surface area contributed by atoms with E-state index in [0.29, 0.717) is 0 Å². The summed E-state index contributed by atoms with van der Waals surface area (Å²) in [6, 6.07) is 0. The van der Waals surface area contributed by atoms with Gasteiger partial charge in [0.1, 0.15) is 0 Å². The van der Waals surface area contributed by atoms with Crippen molar-refractivity contribution in [3.63, 3.8) is 0 Å². The molecule has 0 atom stereocenters. The Kier molecular flexibility index (Phi) is 17.7. The van der Waals surface area contributed by atoms with Gasteiger partial charge in [0.2, 0.25) is 0 Å². The van der Waals surface area contributed by atoms with Gasteiger partial charge in [-0.05, 0) is 0 Å². The van der Waals surface area contributed by atoms with Gasteiger partial charge in [-0.1, -0.05) is 0 Å². The number of rotatable bonds is 27. The van der Waals surface area contributed by atoms with Crippen molar-refractivity contribution >= 4 is 8.60 Å². The molecular formula is C24H15F36O3P. The van der Waals surface area contributed by atoms with E-state index in [4.69, 9.17) is 0 Å². The molecule has 0 aromatic carbocycles. The first-order valence-corrected chi connectivity index (χ1v) is 15.9. The van der Waals surface area contributed by atoms with Crippen molar-refractivity contribution in [3.8, 4) is 0 Å². The highest BCUT2D eigenvalue weighted by Crippen LogP contribution is 2.62. The SMILES string of the molecule is FC(F)C(F)(F)C(F)(F)C(F)(F)C(F)(F)C(F)(F)CCOP(OCCC(F)(F)C(F)(F)C(F)(F)C(F)(F)C(F)(F)C(F)F)OCCC(F)(F)C(F)(F)C(F)(F)C(F)(F)C(F)(F)C(F)F. The molecule has 0 bridgehead atoms. The first-order valence-electron chi connectivity index (χ1n) is 14.8. The fourth-order valence-electron chi connectivity index (χ4n) is 3.65. The van der Waals surface area contributed by atoms with Crippen molar-refractivity contribution in [2.75, 3.05) is 19.8 Å². The molecule has 0 aliphatic rings. The lowest BCUT2D eigenvalue weighted by Gasteiger charge is -2.39. The number of hydrogen-bond acceptors (Lipinski definition) is 3. The van der Waals surface area contributed by atoms with Gasteiger partial charge in [0.25, 0.3) is 0 Å². The van der Waals surface area contributed by atoms with Crippen LogP contribution in [0.1, 0.15) is 19.3 Å². The second kappa shape index (κ2) is 18.4. The van der Waals surface area contributed by atoms with Crippen molar-refractivity contribution in [2.24, 2.45) is 0 Å². The highest BCUT2D eigenvalue weighted by atomic mass is 31.2. The van der Waals surface area contributed by atoms with E-state index in [1.165, 1.54) is 0 Å². The molecule has 0 spiro atoms. The summed E-state index contributed by atoms with van der Waals surface area (Å²) in [7, 11) is -4.96. The Morgan fingerprint density at radius 1 is 0.250 bits per heavy atom. The Morgan fingerprint density at radius 2 is 0.406 bits per heavy atom. The minimum atomic E-state index is -8.33. The van der Waals surface area contributed by atoms with Crippen LogP contribution < -0.4 is 0 Å². The molecule has 0 amide bonds. The van der Waals surface area contributed by atoms with Gasteiger partial charge in [0, 0.05) is 19.3 Å². The minimum Gasteiger partial charge on any atom is -0.312 e. The van der Waals surface area contributed by atoms with Crippen LogP contribution in [-0.2, 0) is 13.6 Å². The summed E-state index contributed by atoms with van der Waals surface area (Å²) in [5.74, 6) is -118. The second-order valence-corrected chi connectivity index (χ2v) is 13.2. The third-order valence-electron chi connectivity index (χ3n) is 7.66. The Balaban J connectivity index is 6.85. The Hall–Kier alpha value is -2.21. The predicted molar refractivity (Wildman–Crippen MR) is 131 cm³/mol. The van der Waals surface area contributed by atoms with Gasteiger partial charge in [-0.2, -0.15) is 132 Å². The van der Waals surface area contributed by atoms with Gasteiger partial charge in [0.15, 0.2) is 0 Å². The molecule has 0 aliphatic heterocycles. The predicted octanol–water partition coefficient (Wildman–Crippen LogP) is 13.8. The van der Waals surface area contributed by atoms with Gasteiger partial charge in [-0.15, -0.1) is 0 Å². The Labute approximate surface area is 328 Å². The molecule has 0 fully saturated rings. The number of hydrogen-bond donors (Lipinski definition) is 0. The summed E-state index contributed by atoms with van der Waals surface area (Å²) in [5.41, 5.74) is 0. The number of halogens is 36. The highest BCUT2D eigenvalue weighted by molar-refractivity contribution is 7.41. The maximum Gasteiger partial charge on any atom is 0.384 e. The van der Waals surface area contributed by atoms with Crippen molar-refractivity contribution < 1.29 is 172 Å². The first kappa shape index (κ1) is 61.8. The lowest BCUT2D eigenvalue weighted by Crippen LogP contribution is -2.68. The van der Waals surface area contributed by atoms with E-state index in [0.717, 1.165) is 0 Å². The second-order valence-electron chi connectivity index (χ2n) is 12.0. The van der Waals surface area contributed by atoms with Crippen LogP contribution in [-0.4, -0.2) is 128 Å². The van der Waals surface area contributed by atoms with Crippen LogP contribution in [0.4, 0.5) is 158 Å². The maximum absolute atomic E-state index is 14.0. The normalized spacial score (nSPS) is 16.3. The lowest BCUT2D eigenvalue weighted by molar-refractivity contribution is -0.413. The first-order chi connectivity index (χ1) is 27.6. The Morgan fingerprint density at radius 3 is 0.547 bits per heavy atom. The minimum absolute atomic E-state index is 2.96. The standard InChI is InChI=1S/C24H15F36O3P/c25-7(26)13(37,38)19(49,50)22(55,56)16(43,44)10(31,32)1-4-61-64(62-5-2-11(33,34)17(45,46)23(57,58)20(51,52)14(39,40)8(27)28)63-6-3-12(35,36)18(47,48)24(59,60)21(53,54)15(41,42)9(29)30/h7-9H,1-6H2. The van der Waals surface area contributed by atoms with E-state index in [1.54, 1.807) is 0 Å². The number of alkyl halides is 36. The molecule has 0 radical (unpaired) electrons. The van der Waals surface area contributed by atoms with Gasteiger partial charge in [0.05, 0.1) is 19.8 Å². The average Bonchev–Trinajstić information content (AvgIpc) is 3.09. The van der Waals surface area contributed by atoms with Gasteiger partial charge >= 0.3 is 117 Å². The zero-order chi connectivity index (χ0) is 52.2. The van der Waals surface area contributed by atoms with E-state index < -0.39 is 156 Å². The van der Waals surface area contributed by atoms with E-state index in [2.05, 4.69) is 13.6 Å². The molecule has 40 heteroatoms. The van der Waals surface area contributed by atoms with Gasteiger partial charge in [-0.25, -0.2) is 26.3 Å². The smallest absolute Gasteiger partial charge is 0.312 e. The lowest BCUT2D eigenvalue weighted by atomic mass is 9.93. The molecular weight excluding hydrogens is 1050 g/mol. The van der Waals surface area contributed by atoms with E-state index >= 15 is 0 Å². The fourth-order valence-corrected chi connectivity index (χ4v) is 4.59. The van der Waals surface area contributed by atoms with Crippen molar-refractivity contribution in [1.29, 1.82) is 0 Å². The quantitative estimate of drug-likeness (QED) is 0.0606. The highest BCUT2D eigenvalue weighted by Gasteiger charge is 2.90. The largest absolute Gasteiger partial charge is 0.384 e. The monoisotopic (exact) mass is 1070 g/mol. The molecule has 0 N–H and O–H groups in total. The Bertz CT molecular complexity index is 1350. The van der Waals surface area contributed by atoms with Crippen LogP contribution in [0.3, 0.4) is 0 Å². The molecule has 64 heavy (non-hydrogen) atoms. The molecule has 0 heterocycles. The molecule has 3 nitrogen and oxygen atoms in total. The van der Waals surface area contributed by atoms with E-state index in [-0.39, 0.29) is 0 Å². The van der Waals surface area contributed by atoms with Crippen molar-refractivity contribution in [3.05, 3.63) is 0 Å². The maximum atomic E-state index is 14.0. The van der Waals surface area contributed by atoms with Crippen LogP contribution in [0.15, 0.2) is 0 Å². The molecule has 0 saturated heterocycles. The molecule has 0 rings (SSSR count). The summed E-state index contributed by atoms with van der Waals surface area (Å²) in [5, 5.41) is 0. The topological polar surface area (TPSA) is 27.7 Å². The van der Waals surface area contributed by atoms with Crippen LogP contribution in [0, 0.1) is 0 Å². The van der Waals surface area contributed by atoms with Crippen LogP contribution in [0.5, 0.6) is 0 Å². The molecule has 0 aliphatic carbocycles. The van der Waals surface area contributed by atoms with Crippen LogP contribution in [0.2, 0.25) is 0 Å². The van der Waals surface area contributed by atoms with E-state index in [9.17, 15) is 158 Å². The van der Waals surface area contributed by atoms with Gasteiger partial charge in [-0.3, -0.25) is 0 Å². The third-order valence-corrected chi connectivity index (χ3v) is 8.84. The van der Waals surface area contributed by atoms with Gasteiger partial charge < -0.3 is 13.6 Å². The summed E-state index contributed by atoms with van der Waals surface area (Å²) in [6.07, 6.45) is -28.9. The summed E-state index contributed by atoms with van der Waals surface area (Å²) >= 11 is 0. The average molecular weight is 1070 g/mol. The van der Waals surface area contributed by atoms with Crippen molar-refractivity contribution in [2.45, 2.75) is 127 Å². The molecule has 0 saturated carbocycles. The molecule has 0 aromatic rings. The van der Waals surface area contributed by atoms with Crippen LogP contribution in [0.25, 0.3) is 0 Å². The third kappa shape index (κ3) is 9.86. The summed E-state index contributed by atoms with van der Waals surface area (Å²) in [4.78, 5) is 0. The van der Waals surface area contributed by atoms with E-state index in [1.807, 2.05) is 0 Å². The fraction of sp³-hybridized carbons (Fsp3) is 1.00. The molecule has 386 valence electrons. The van der Waals surface area contributed by atoms with Crippen molar-refractivity contribution in [1.82, 2.24) is 0 Å². The zero-order valence-corrected chi connectivity index (χ0v) is 29.6. The zero-order valence-electron chi connectivity index (χ0n) is 28.8. The molecule has 0 unspecified atom stereocenters. The molecule has 0 aromatic heterocycles.